The summed E-state index contributed by atoms with van der Waals surface area (Å²) < 4.78 is 47.8. The standard InChI is InChI=1S/C61H69BN2S/c1-36-28-50-53-51(29-36)64(54-37(2)30-42(31-38(54)3)59(10,11)12)55-44-34-45-46(61(15,16)27-26-60(45,13)14)35-52(44)65-56(55)62(53)47-33-41(58(7,8)9)23-25-49(47)63(50)48-24-22-40(57(4,5)6)32-43(48)39-20-18-17-19-21-39/h17-25,28-35H,26-27H2,1-16H3/i17D,18D,19D,20D,21D. The van der Waals surface area contributed by atoms with Gasteiger partial charge >= 0.3 is 0 Å². The van der Waals surface area contributed by atoms with Crippen LogP contribution in [0.4, 0.5) is 34.1 Å². The van der Waals surface area contributed by atoms with Crippen molar-refractivity contribution in [2.24, 2.45) is 0 Å². The summed E-state index contributed by atoms with van der Waals surface area (Å²) in [5.41, 5.74) is 19.3. The van der Waals surface area contributed by atoms with Crippen LogP contribution in [0.1, 0.15) is 154 Å². The second-order valence-electron chi connectivity index (χ2n) is 24.0. The van der Waals surface area contributed by atoms with Crippen LogP contribution in [0, 0.1) is 20.8 Å². The molecule has 2 aliphatic heterocycles. The highest BCUT2D eigenvalue weighted by molar-refractivity contribution is 7.33. The first-order valence-electron chi connectivity index (χ1n) is 26.3. The number of benzene rings is 6. The summed E-state index contributed by atoms with van der Waals surface area (Å²) >= 11 is 1.95. The number of hydrogen-bond acceptors (Lipinski definition) is 3. The molecule has 0 spiro atoms. The van der Waals surface area contributed by atoms with Gasteiger partial charge in [-0.3, -0.25) is 0 Å². The maximum Gasteiger partial charge on any atom is 0.264 e. The van der Waals surface area contributed by atoms with E-state index in [1.807, 2.05) is 11.3 Å². The molecular weight excluding hydrogens is 804 g/mol. The molecule has 0 fully saturated rings. The van der Waals surface area contributed by atoms with Gasteiger partial charge in [0.2, 0.25) is 0 Å². The topological polar surface area (TPSA) is 6.48 Å². The molecule has 3 heterocycles. The lowest BCUT2D eigenvalue weighted by Crippen LogP contribution is -2.60. The minimum absolute atomic E-state index is 0.0231. The summed E-state index contributed by atoms with van der Waals surface area (Å²) in [6.45, 7) is 36.6. The molecule has 1 aliphatic carbocycles. The van der Waals surface area contributed by atoms with E-state index >= 15 is 0 Å². The van der Waals surface area contributed by atoms with Gasteiger partial charge in [-0.1, -0.05) is 151 Å². The molecule has 65 heavy (non-hydrogen) atoms. The third-order valence-corrected chi connectivity index (χ3v) is 16.3. The largest absolute Gasteiger partial charge is 0.311 e. The summed E-state index contributed by atoms with van der Waals surface area (Å²) in [4.78, 5) is 4.98. The van der Waals surface area contributed by atoms with E-state index in [2.05, 4.69) is 193 Å². The zero-order valence-electron chi connectivity index (χ0n) is 46.7. The molecule has 0 saturated carbocycles. The van der Waals surface area contributed by atoms with Crippen LogP contribution in [-0.2, 0) is 27.1 Å². The molecule has 0 saturated heterocycles. The number of fused-ring (bicyclic) bond motifs is 7. The molecule has 6 aromatic carbocycles. The summed E-state index contributed by atoms with van der Waals surface area (Å²) in [6, 6.07) is 26.5. The molecule has 0 radical (unpaired) electrons. The van der Waals surface area contributed by atoms with E-state index < -0.39 is 6.04 Å². The Kier molecular flexibility index (Phi) is 8.48. The third kappa shape index (κ3) is 6.94. The first kappa shape index (κ1) is 38.1. The van der Waals surface area contributed by atoms with Gasteiger partial charge in [0.15, 0.2) is 0 Å². The van der Waals surface area contributed by atoms with Crippen LogP contribution in [0.25, 0.3) is 21.2 Å². The van der Waals surface area contributed by atoms with Crippen molar-refractivity contribution >= 4 is 78.0 Å². The minimum atomic E-state index is -0.394. The molecule has 4 heteroatoms. The van der Waals surface area contributed by atoms with E-state index in [1.165, 1.54) is 70.5 Å². The average molecular weight is 878 g/mol. The van der Waals surface area contributed by atoms with E-state index in [4.69, 9.17) is 4.11 Å². The van der Waals surface area contributed by atoms with E-state index in [9.17, 15) is 2.74 Å². The van der Waals surface area contributed by atoms with E-state index in [0.717, 1.165) is 46.7 Å². The Balaban J connectivity index is 1.38. The molecule has 7 aromatic rings. The average Bonchev–Trinajstić information content (AvgIpc) is 3.64. The van der Waals surface area contributed by atoms with Crippen LogP contribution >= 0.6 is 11.3 Å². The van der Waals surface area contributed by atoms with E-state index in [1.54, 1.807) is 0 Å². The number of anilines is 6. The Labute approximate surface area is 402 Å². The highest BCUT2D eigenvalue weighted by atomic mass is 32.1. The molecular formula is C61H69BN2S. The SMILES string of the molecule is [2H]c1c([2H])c([2H])c(-c2cc(C(C)(C)C)ccc2N2c3ccc(C(C)(C)C)cc3B3c4sc5cc6c(cc5c4N(c4c(C)cc(C(C)(C)C)cc4C)c4cc(C)cc2c43)C(C)(C)CCC6(C)C)c([2H])c1[2H]. The maximum atomic E-state index is 9.40. The zero-order valence-corrected chi connectivity index (χ0v) is 42.5. The third-order valence-electron chi connectivity index (χ3n) is 15.1. The fraction of sp³-hybridized carbons (Fsp3) is 0.377. The fourth-order valence-corrected chi connectivity index (χ4v) is 12.5. The van der Waals surface area contributed by atoms with Gasteiger partial charge in [0.1, 0.15) is 0 Å². The van der Waals surface area contributed by atoms with Crippen molar-refractivity contribution in [1.82, 2.24) is 0 Å². The number of nitrogens with zero attached hydrogens (tertiary/aromatic N) is 2. The van der Waals surface area contributed by atoms with Crippen molar-refractivity contribution in [2.45, 2.75) is 151 Å². The highest BCUT2D eigenvalue weighted by Gasteiger charge is 2.47. The minimum Gasteiger partial charge on any atom is -0.311 e. The number of rotatable bonds is 3. The van der Waals surface area contributed by atoms with Gasteiger partial charge < -0.3 is 9.80 Å². The van der Waals surface area contributed by atoms with Crippen LogP contribution in [0.3, 0.4) is 0 Å². The molecule has 0 N–H and O–H groups in total. The van der Waals surface area contributed by atoms with Crippen molar-refractivity contribution < 1.29 is 6.85 Å². The predicted octanol–water partition coefficient (Wildman–Crippen LogP) is 15.8. The van der Waals surface area contributed by atoms with Gasteiger partial charge in [0.05, 0.1) is 23.9 Å². The van der Waals surface area contributed by atoms with Crippen molar-refractivity contribution in [3.05, 3.63) is 148 Å². The van der Waals surface area contributed by atoms with Gasteiger partial charge in [-0.15, -0.1) is 11.3 Å². The van der Waals surface area contributed by atoms with Gasteiger partial charge in [-0.2, -0.15) is 0 Å². The first-order chi connectivity index (χ1) is 32.4. The van der Waals surface area contributed by atoms with Crippen molar-refractivity contribution in [3.8, 4) is 11.1 Å². The Morgan fingerprint density at radius 2 is 1.11 bits per heavy atom. The van der Waals surface area contributed by atoms with Crippen LogP contribution in [0.5, 0.6) is 0 Å². The van der Waals surface area contributed by atoms with Crippen molar-refractivity contribution in [2.75, 3.05) is 9.80 Å². The lowest BCUT2D eigenvalue weighted by molar-refractivity contribution is 0.332. The van der Waals surface area contributed by atoms with Gasteiger partial charge in [-0.25, -0.2) is 0 Å². The molecule has 2 nitrogen and oxygen atoms in total. The lowest BCUT2D eigenvalue weighted by atomic mass is 9.36. The Morgan fingerprint density at radius 1 is 0.569 bits per heavy atom. The zero-order chi connectivity index (χ0) is 50.8. The van der Waals surface area contributed by atoms with Crippen LogP contribution < -0.4 is 25.5 Å². The summed E-state index contributed by atoms with van der Waals surface area (Å²) in [5, 5.41) is 1.30. The number of hydrogen-bond donors (Lipinski definition) is 0. The molecule has 10 rings (SSSR count). The summed E-state index contributed by atoms with van der Waals surface area (Å²) in [5.74, 6) is 0. The van der Waals surface area contributed by atoms with Crippen LogP contribution in [0.15, 0.2) is 103 Å². The number of thiophene rings is 1. The molecule has 0 atom stereocenters. The van der Waals surface area contributed by atoms with Gasteiger partial charge in [0.25, 0.3) is 6.71 Å². The lowest BCUT2D eigenvalue weighted by Gasteiger charge is -2.45. The maximum absolute atomic E-state index is 9.40. The predicted molar refractivity (Wildman–Crippen MR) is 287 cm³/mol. The normalized spacial score (nSPS) is 17.4. The molecule has 0 bridgehead atoms. The number of aryl methyl sites for hydroxylation is 3. The Bertz CT molecular complexity index is 3340. The highest BCUT2D eigenvalue weighted by Crippen LogP contribution is 2.54. The van der Waals surface area contributed by atoms with Crippen LogP contribution in [-0.4, -0.2) is 6.71 Å². The molecule has 1 aromatic heterocycles. The monoisotopic (exact) mass is 878 g/mol. The smallest absolute Gasteiger partial charge is 0.264 e. The first-order valence-corrected chi connectivity index (χ1v) is 24.6. The molecule has 0 amide bonds. The Hall–Kier alpha value is -5.06. The van der Waals surface area contributed by atoms with Crippen molar-refractivity contribution in [3.63, 3.8) is 0 Å². The Morgan fingerprint density at radius 3 is 1.69 bits per heavy atom. The van der Waals surface area contributed by atoms with Gasteiger partial charge in [-0.05, 0) is 164 Å². The second kappa shape index (κ2) is 14.5. The molecule has 332 valence electrons. The van der Waals surface area contributed by atoms with Crippen LogP contribution in [0.2, 0.25) is 0 Å². The van der Waals surface area contributed by atoms with E-state index in [-0.39, 0.29) is 63.5 Å². The quantitative estimate of drug-likeness (QED) is 0.163. The fourth-order valence-electron chi connectivity index (χ4n) is 11.2. The summed E-state index contributed by atoms with van der Waals surface area (Å²) in [7, 11) is 0. The van der Waals surface area contributed by atoms with Gasteiger partial charge in [0, 0.05) is 37.5 Å². The molecule has 0 unspecified atom stereocenters. The summed E-state index contributed by atoms with van der Waals surface area (Å²) in [6.07, 6.45) is 2.28. The second-order valence-corrected chi connectivity index (χ2v) is 25.1. The molecule has 3 aliphatic rings. The van der Waals surface area contributed by atoms with E-state index in [0.29, 0.717) is 5.56 Å². The van der Waals surface area contributed by atoms with Crippen molar-refractivity contribution in [1.29, 1.82) is 0 Å².